The third-order valence-corrected chi connectivity index (χ3v) is 11.6. The highest BCUT2D eigenvalue weighted by molar-refractivity contribution is 9.09. The van der Waals surface area contributed by atoms with Gasteiger partial charge in [-0.25, -0.2) is 0 Å². The van der Waals surface area contributed by atoms with Gasteiger partial charge in [0.2, 0.25) is 0 Å². The molecular weight excluding hydrogens is 425 g/mol. The summed E-state index contributed by atoms with van der Waals surface area (Å²) in [6.07, 6.45) is 28.9. The quantitative estimate of drug-likeness (QED) is 0.130. The maximum absolute atomic E-state index is 3.57. The zero-order valence-corrected chi connectivity index (χ0v) is 22.2. The SMILES string of the molecule is CCCCN1C=CC=CC1Br.CCCC[P+](CCCC)(CCCC)CCCC. The highest BCUT2D eigenvalue weighted by Crippen LogP contribution is 2.61. The van der Waals surface area contributed by atoms with Crippen molar-refractivity contribution in [2.75, 3.05) is 31.2 Å². The molecule has 0 saturated carbocycles. The topological polar surface area (TPSA) is 3.24 Å². The largest absolute Gasteiger partial charge is 0.362 e. The zero-order chi connectivity index (χ0) is 21.1. The predicted molar refractivity (Wildman–Crippen MR) is 139 cm³/mol. The fourth-order valence-corrected chi connectivity index (χ4v) is 9.50. The first-order valence-electron chi connectivity index (χ1n) is 12.2. The van der Waals surface area contributed by atoms with Crippen molar-refractivity contribution in [3.63, 3.8) is 0 Å². The van der Waals surface area contributed by atoms with Crippen molar-refractivity contribution in [2.45, 2.75) is 104 Å². The fourth-order valence-electron chi connectivity index (χ4n) is 3.69. The van der Waals surface area contributed by atoms with E-state index in [1.807, 2.05) is 0 Å². The molecule has 0 radical (unpaired) electrons. The molecule has 1 unspecified atom stereocenters. The van der Waals surface area contributed by atoms with Gasteiger partial charge in [-0.15, -0.1) is 0 Å². The molecular formula is C25H50BrNP+. The van der Waals surface area contributed by atoms with Crippen LogP contribution >= 0.6 is 23.2 Å². The predicted octanol–water partition coefficient (Wildman–Crippen LogP) is 9.10. The van der Waals surface area contributed by atoms with Gasteiger partial charge < -0.3 is 4.90 Å². The molecule has 1 atom stereocenters. The molecule has 0 N–H and O–H groups in total. The molecule has 0 fully saturated rings. The third kappa shape index (κ3) is 13.4. The van der Waals surface area contributed by atoms with Gasteiger partial charge in [0.1, 0.15) is 4.95 Å². The lowest BCUT2D eigenvalue weighted by Gasteiger charge is -2.28. The van der Waals surface area contributed by atoms with Crippen molar-refractivity contribution in [1.82, 2.24) is 4.90 Å². The Labute approximate surface area is 187 Å². The first-order valence-corrected chi connectivity index (χ1v) is 15.6. The lowest BCUT2D eigenvalue weighted by Crippen LogP contribution is -2.26. The maximum Gasteiger partial charge on any atom is 0.103 e. The molecule has 0 bridgehead atoms. The van der Waals surface area contributed by atoms with Crippen molar-refractivity contribution in [1.29, 1.82) is 0 Å². The first-order chi connectivity index (χ1) is 13.6. The van der Waals surface area contributed by atoms with Crippen LogP contribution in [0.3, 0.4) is 0 Å². The smallest absolute Gasteiger partial charge is 0.103 e. The number of hydrogen-bond acceptors (Lipinski definition) is 1. The number of halogens is 1. The summed E-state index contributed by atoms with van der Waals surface area (Å²) in [6, 6.07) is 0. The number of hydrogen-bond donors (Lipinski definition) is 0. The molecule has 0 aliphatic carbocycles. The molecule has 1 rings (SSSR count). The molecule has 1 aliphatic heterocycles. The van der Waals surface area contributed by atoms with Crippen LogP contribution in [-0.2, 0) is 0 Å². The van der Waals surface area contributed by atoms with E-state index in [1.54, 1.807) is 24.6 Å². The van der Waals surface area contributed by atoms with E-state index in [-0.39, 0.29) is 0 Å². The monoisotopic (exact) mass is 474 g/mol. The third-order valence-electron chi connectivity index (χ3n) is 5.69. The molecule has 1 heterocycles. The minimum absolute atomic E-state index is 0.402. The Morgan fingerprint density at radius 3 is 1.46 bits per heavy atom. The van der Waals surface area contributed by atoms with Gasteiger partial charge >= 0.3 is 0 Å². The Morgan fingerprint density at radius 2 is 1.11 bits per heavy atom. The molecule has 1 aliphatic rings. The van der Waals surface area contributed by atoms with E-state index in [4.69, 9.17) is 0 Å². The molecule has 3 heteroatoms. The fraction of sp³-hybridized carbons (Fsp3) is 0.840. The summed E-state index contributed by atoms with van der Waals surface area (Å²) in [5.41, 5.74) is 0. The molecule has 0 aromatic rings. The summed E-state index contributed by atoms with van der Waals surface area (Å²) < 4.78 is 0. The van der Waals surface area contributed by atoms with E-state index in [0.29, 0.717) is 4.95 Å². The lowest BCUT2D eigenvalue weighted by atomic mass is 10.3. The Bertz CT molecular complexity index is 356. The van der Waals surface area contributed by atoms with Gasteiger partial charge in [0.15, 0.2) is 0 Å². The summed E-state index contributed by atoms with van der Waals surface area (Å²) in [4.78, 5) is 2.70. The van der Waals surface area contributed by atoms with Gasteiger partial charge in [-0.1, -0.05) is 94.8 Å². The molecule has 0 aromatic heterocycles. The van der Waals surface area contributed by atoms with Gasteiger partial charge in [0.25, 0.3) is 0 Å². The maximum atomic E-state index is 3.57. The average molecular weight is 476 g/mol. The molecule has 1 nitrogen and oxygen atoms in total. The van der Waals surface area contributed by atoms with E-state index >= 15 is 0 Å². The molecule has 0 saturated heterocycles. The number of unbranched alkanes of at least 4 members (excludes halogenated alkanes) is 5. The highest BCUT2D eigenvalue weighted by atomic mass is 79.9. The zero-order valence-electron chi connectivity index (χ0n) is 19.8. The summed E-state index contributed by atoms with van der Waals surface area (Å²) >= 11 is 3.57. The van der Waals surface area contributed by atoms with Crippen molar-refractivity contribution in [3.8, 4) is 0 Å². The molecule has 0 spiro atoms. The van der Waals surface area contributed by atoms with E-state index in [0.717, 1.165) is 6.54 Å². The summed E-state index contributed by atoms with van der Waals surface area (Å²) in [7, 11) is -0.562. The van der Waals surface area contributed by atoms with E-state index < -0.39 is 7.26 Å². The summed E-state index contributed by atoms with van der Waals surface area (Å²) in [5, 5.41) is 0. The van der Waals surface area contributed by atoms with Gasteiger partial charge in [0.05, 0.1) is 24.6 Å². The normalized spacial score (nSPS) is 16.2. The average Bonchev–Trinajstić information content (AvgIpc) is 2.72. The minimum Gasteiger partial charge on any atom is -0.362 e. The van der Waals surface area contributed by atoms with Crippen LogP contribution in [0.4, 0.5) is 0 Å². The van der Waals surface area contributed by atoms with Crippen LogP contribution in [0.5, 0.6) is 0 Å². The van der Waals surface area contributed by atoms with Crippen LogP contribution in [0.15, 0.2) is 24.4 Å². The van der Waals surface area contributed by atoms with Gasteiger partial charge in [0, 0.05) is 20.0 Å². The summed E-state index contributed by atoms with van der Waals surface area (Å²) in [6.45, 7) is 12.8. The van der Waals surface area contributed by atoms with Crippen LogP contribution in [0, 0.1) is 0 Å². The Kier molecular flexibility index (Phi) is 19.3. The molecule has 166 valence electrons. The van der Waals surface area contributed by atoms with E-state index in [1.165, 1.54) is 64.2 Å². The number of nitrogens with zero attached hydrogens (tertiary/aromatic N) is 1. The van der Waals surface area contributed by atoms with E-state index in [9.17, 15) is 0 Å². The Hall–Kier alpha value is 0.190. The second kappa shape index (κ2) is 19.2. The second-order valence-electron chi connectivity index (χ2n) is 8.34. The van der Waals surface area contributed by atoms with Gasteiger partial charge in [-0.3, -0.25) is 0 Å². The van der Waals surface area contributed by atoms with Crippen molar-refractivity contribution >= 4 is 23.2 Å². The minimum atomic E-state index is -0.562. The van der Waals surface area contributed by atoms with Crippen molar-refractivity contribution in [2.24, 2.45) is 0 Å². The van der Waals surface area contributed by atoms with Crippen LogP contribution in [0.1, 0.15) is 98.8 Å². The van der Waals surface area contributed by atoms with Crippen LogP contribution in [0.25, 0.3) is 0 Å². The number of alkyl halides is 1. The number of allylic oxidation sites excluding steroid dienone is 2. The Balaban J connectivity index is 0.000000567. The second-order valence-corrected chi connectivity index (χ2v) is 13.8. The van der Waals surface area contributed by atoms with Gasteiger partial charge in [-0.2, -0.15) is 0 Å². The van der Waals surface area contributed by atoms with Crippen LogP contribution in [0.2, 0.25) is 0 Å². The van der Waals surface area contributed by atoms with Crippen LogP contribution in [-0.4, -0.2) is 41.0 Å². The van der Waals surface area contributed by atoms with Crippen molar-refractivity contribution < 1.29 is 0 Å². The lowest BCUT2D eigenvalue weighted by molar-refractivity contribution is 0.382. The molecule has 0 aromatic carbocycles. The van der Waals surface area contributed by atoms with Crippen molar-refractivity contribution in [3.05, 3.63) is 24.4 Å². The first kappa shape index (κ1) is 28.2. The highest BCUT2D eigenvalue weighted by Gasteiger charge is 2.34. The summed E-state index contributed by atoms with van der Waals surface area (Å²) in [5.74, 6) is 0. The standard InChI is InChI=1S/C16H36P.C9H14BrN/c1-5-9-13-17(14-10-6-2,15-11-7-3)16-12-8-4;1-2-3-7-11-8-5-4-6-9(11)10/h5-16H2,1-4H3;4-6,8-9H,2-3,7H2,1H3/q+1;. The molecule has 28 heavy (non-hydrogen) atoms. The van der Waals surface area contributed by atoms with Crippen LogP contribution < -0.4 is 0 Å². The number of rotatable bonds is 15. The van der Waals surface area contributed by atoms with Gasteiger partial charge in [-0.05, 0) is 38.2 Å². The van der Waals surface area contributed by atoms with E-state index in [2.05, 4.69) is 79.9 Å². The molecule has 0 amide bonds. The Morgan fingerprint density at radius 1 is 0.679 bits per heavy atom.